The number of ether oxygens (including phenoxy) is 1. The van der Waals surface area contributed by atoms with Crippen LogP contribution in [0.15, 0.2) is 30.5 Å². The number of hydrogen-bond donors (Lipinski definition) is 2. The Morgan fingerprint density at radius 1 is 1.33 bits per heavy atom. The SMILES string of the molecule is Cc1cc(C#N)cc(-c2ccnc3cc(CO)sc23)c1OCC1(C)CNC1. The summed E-state index contributed by atoms with van der Waals surface area (Å²) in [6, 6.07) is 9.86. The van der Waals surface area contributed by atoms with Gasteiger partial charge in [-0.25, -0.2) is 0 Å². The van der Waals surface area contributed by atoms with Gasteiger partial charge in [0.05, 0.1) is 35.1 Å². The van der Waals surface area contributed by atoms with Gasteiger partial charge in [0.2, 0.25) is 0 Å². The molecule has 6 heteroatoms. The maximum absolute atomic E-state index is 9.50. The first-order valence-electron chi connectivity index (χ1n) is 8.90. The van der Waals surface area contributed by atoms with E-state index in [9.17, 15) is 10.4 Å². The van der Waals surface area contributed by atoms with Gasteiger partial charge in [0.25, 0.3) is 0 Å². The van der Waals surface area contributed by atoms with Crippen molar-refractivity contribution in [2.75, 3.05) is 19.7 Å². The second-order valence-corrected chi connectivity index (χ2v) is 8.56. The van der Waals surface area contributed by atoms with Gasteiger partial charge in [0, 0.05) is 40.7 Å². The summed E-state index contributed by atoms with van der Waals surface area (Å²) >= 11 is 1.53. The summed E-state index contributed by atoms with van der Waals surface area (Å²) in [5, 5.41) is 22.2. The van der Waals surface area contributed by atoms with Crippen LogP contribution in [0.3, 0.4) is 0 Å². The van der Waals surface area contributed by atoms with Crippen LogP contribution in [-0.2, 0) is 6.61 Å². The predicted molar refractivity (Wildman–Crippen MR) is 107 cm³/mol. The third-order valence-electron chi connectivity index (χ3n) is 4.98. The van der Waals surface area contributed by atoms with Gasteiger partial charge < -0.3 is 15.2 Å². The Bertz CT molecular complexity index is 1050. The number of benzene rings is 1. The number of aromatic nitrogens is 1. The van der Waals surface area contributed by atoms with Crippen molar-refractivity contribution in [3.8, 4) is 22.9 Å². The maximum atomic E-state index is 9.50. The summed E-state index contributed by atoms with van der Waals surface area (Å²) in [5.41, 5.74) is 4.43. The van der Waals surface area contributed by atoms with Crippen LogP contribution >= 0.6 is 11.3 Å². The Balaban J connectivity index is 1.84. The zero-order valence-corrected chi connectivity index (χ0v) is 16.2. The van der Waals surface area contributed by atoms with Gasteiger partial charge >= 0.3 is 0 Å². The molecule has 0 spiro atoms. The number of nitrogens with one attached hydrogen (secondary N) is 1. The van der Waals surface area contributed by atoms with E-state index in [1.807, 2.05) is 31.2 Å². The number of pyridine rings is 1. The molecule has 0 unspecified atom stereocenters. The first-order valence-corrected chi connectivity index (χ1v) is 9.71. The highest BCUT2D eigenvalue weighted by Crippen LogP contribution is 2.41. The van der Waals surface area contributed by atoms with Crippen LogP contribution in [-0.4, -0.2) is 29.8 Å². The van der Waals surface area contributed by atoms with Crippen molar-refractivity contribution in [3.05, 3.63) is 46.5 Å². The van der Waals surface area contributed by atoms with Gasteiger partial charge in [-0.15, -0.1) is 11.3 Å². The van der Waals surface area contributed by atoms with E-state index in [0.717, 1.165) is 50.6 Å². The molecule has 3 aromatic rings. The Hall–Kier alpha value is -2.46. The quantitative estimate of drug-likeness (QED) is 0.708. The molecule has 3 heterocycles. The summed E-state index contributed by atoms with van der Waals surface area (Å²) in [7, 11) is 0. The van der Waals surface area contributed by atoms with E-state index in [4.69, 9.17) is 4.74 Å². The van der Waals surface area contributed by atoms with Gasteiger partial charge in [0.15, 0.2) is 0 Å². The molecule has 2 aromatic heterocycles. The number of aliphatic hydroxyl groups is 1. The molecule has 1 saturated heterocycles. The Morgan fingerprint density at radius 2 is 2.15 bits per heavy atom. The number of aryl methyl sites for hydroxylation is 1. The van der Waals surface area contributed by atoms with Crippen molar-refractivity contribution < 1.29 is 9.84 Å². The van der Waals surface area contributed by atoms with Crippen molar-refractivity contribution in [2.45, 2.75) is 20.5 Å². The lowest BCUT2D eigenvalue weighted by Crippen LogP contribution is -2.54. The predicted octanol–water partition coefficient (Wildman–Crippen LogP) is 3.62. The van der Waals surface area contributed by atoms with E-state index in [2.05, 4.69) is 23.3 Å². The molecule has 1 aliphatic rings. The third-order valence-corrected chi connectivity index (χ3v) is 6.12. The van der Waals surface area contributed by atoms with Crippen molar-refractivity contribution in [1.82, 2.24) is 10.3 Å². The Morgan fingerprint density at radius 3 is 2.81 bits per heavy atom. The fraction of sp³-hybridized carbons (Fsp3) is 0.333. The van der Waals surface area contributed by atoms with Crippen LogP contribution in [0.25, 0.3) is 21.3 Å². The minimum absolute atomic E-state index is 0.00750. The lowest BCUT2D eigenvalue weighted by molar-refractivity contribution is 0.102. The molecule has 0 atom stereocenters. The summed E-state index contributed by atoms with van der Waals surface area (Å²) in [6.07, 6.45) is 1.76. The fourth-order valence-corrected chi connectivity index (χ4v) is 4.41. The number of fused-ring (bicyclic) bond motifs is 1. The van der Waals surface area contributed by atoms with Crippen LogP contribution in [0.5, 0.6) is 5.75 Å². The fourth-order valence-electron chi connectivity index (χ4n) is 3.41. The molecule has 1 aromatic carbocycles. The molecule has 27 heavy (non-hydrogen) atoms. The van der Waals surface area contributed by atoms with Crippen LogP contribution in [0.2, 0.25) is 0 Å². The number of aliphatic hydroxyl groups excluding tert-OH is 1. The van der Waals surface area contributed by atoms with E-state index in [-0.39, 0.29) is 12.0 Å². The maximum Gasteiger partial charge on any atom is 0.130 e. The van der Waals surface area contributed by atoms with E-state index in [1.54, 1.807) is 6.20 Å². The van der Waals surface area contributed by atoms with E-state index >= 15 is 0 Å². The number of hydrogen-bond acceptors (Lipinski definition) is 6. The molecule has 1 fully saturated rings. The van der Waals surface area contributed by atoms with Crippen molar-refractivity contribution in [2.24, 2.45) is 5.41 Å². The Labute approximate surface area is 162 Å². The van der Waals surface area contributed by atoms with E-state index in [0.29, 0.717) is 12.2 Å². The highest BCUT2D eigenvalue weighted by Gasteiger charge is 2.33. The monoisotopic (exact) mass is 379 g/mol. The molecule has 0 bridgehead atoms. The van der Waals surface area contributed by atoms with Gasteiger partial charge in [-0.3, -0.25) is 4.98 Å². The number of nitriles is 1. The lowest BCUT2D eigenvalue weighted by Gasteiger charge is -2.39. The smallest absolute Gasteiger partial charge is 0.130 e. The minimum Gasteiger partial charge on any atom is -0.492 e. The molecule has 5 nitrogen and oxygen atoms in total. The number of rotatable bonds is 5. The molecule has 138 valence electrons. The largest absolute Gasteiger partial charge is 0.492 e. The summed E-state index contributed by atoms with van der Waals surface area (Å²) in [4.78, 5) is 5.29. The minimum atomic E-state index is -0.00750. The molecular formula is C21H21N3O2S. The van der Waals surface area contributed by atoms with Crippen LogP contribution in [0.1, 0.15) is 22.9 Å². The van der Waals surface area contributed by atoms with E-state index < -0.39 is 0 Å². The molecule has 0 saturated carbocycles. The average Bonchev–Trinajstić information content (AvgIpc) is 3.08. The molecule has 0 aliphatic carbocycles. The molecule has 0 radical (unpaired) electrons. The highest BCUT2D eigenvalue weighted by atomic mass is 32.1. The topological polar surface area (TPSA) is 78.2 Å². The van der Waals surface area contributed by atoms with Crippen LogP contribution < -0.4 is 10.1 Å². The normalized spacial score (nSPS) is 15.3. The second kappa shape index (κ2) is 6.93. The molecule has 0 amide bonds. The summed E-state index contributed by atoms with van der Waals surface area (Å²) < 4.78 is 7.29. The molecular weight excluding hydrogens is 358 g/mol. The second-order valence-electron chi connectivity index (χ2n) is 7.43. The average molecular weight is 379 g/mol. The molecule has 2 N–H and O–H groups in total. The first-order chi connectivity index (χ1) is 13.0. The van der Waals surface area contributed by atoms with Crippen molar-refractivity contribution >= 4 is 21.6 Å². The van der Waals surface area contributed by atoms with Gasteiger partial charge in [-0.05, 0) is 36.8 Å². The summed E-state index contributed by atoms with van der Waals surface area (Å²) in [6.45, 7) is 6.70. The van der Waals surface area contributed by atoms with E-state index in [1.165, 1.54) is 11.3 Å². The Kier molecular flexibility index (Phi) is 4.60. The first kappa shape index (κ1) is 17.9. The van der Waals surface area contributed by atoms with Crippen LogP contribution in [0, 0.1) is 23.7 Å². The third kappa shape index (κ3) is 3.30. The van der Waals surface area contributed by atoms with Crippen LogP contribution in [0.4, 0.5) is 0 Å². The molecule has 1 aliphatic heterocycles. The standard InChI is InChI=1S/C21H21N3O2S/c1-13-5-14(8-22)6-17(19(13)26-12-21(2)10-23-11-21)16-3-4-24-18-7-15(9-25)27-20(16)18/h3-7,23,25H,9-12H2,1-2H3. The zero-order chi connectivity index (χ0) is 19.0. The highest BCUT2D eigenvalue weighted by molar-refractivity contribution is 7.19. The summed E-state index contributed by atoms with van der Waals surface area (Å²) in [5.74, 6) is 0.813. The molecule has 4 rings (SSSR count). The number of thiophene rings is 1. The van der Waals surface area contributed by atoms with Crippen molar-refractivity contribution in [1.29, 1.82) is 5.26 Å². The number of nitrogens with zero attached hydrogens (tertiary/aromatic N) is 2. The van der Waals surface area contributed by atoms with Gasteiger partial charge in [0.1, 0.15) is 5.75 Å². The van der Waals surface area contributed by atoms with Crippen molar-refractivity contribution in [3.63, 3.8) is 0 Å². The lowest BCUT2D eigenvalue weighted by atomic mass is 9.85. The zero-order valence-electron chi connectivity index (χ0n) is 15.4. The van der Waals surface area contributed by atoms with Gasteiger partial charge in [-0.2, -0.15) is 5.26 Å². The van der Waals surface area contributed by atoms with Gasteiger partial charge in [-0.1, -0.05) is 6.92 Å².